The Bertz CT molecular complexity index is 587. The molecule has 8 heteroatoms. The molecule has 2 rings (SSSR count). The first-order chi connectivity index (χ1) is 12.8. The first-order valence-corrected chi connectivity index (χ1v) is 9.14. The van der Waals surface area contributed by atoms with E-state index in [0.29, 0.717) is 5.92 Å². The Morgan fingerprint density at radius 3 is 2.33 bits per heavy atom. The molecule has 1 aliphatic rings. The van der Waals surface area contributed by atoms with Gasteiger partial charge in [0.1, 0.15) is 0 Å². The number of aromatic nitrogens is 1. The van der Waals surface area contributed by atoms with Gasteiger partial charge in [-0.05, 0) is 49.9 Å². The second-order valence-corrected chi connectivity index (χ2v) is 7.00. The summed E-state index contributed by atoms with van der Waals surface area (Å²) in [7, 11) is 0. The van der Waals surface area contributed by atoms with E-state index in [2.05, 4.69) is 35.1 Å². The Balaban J connectivity index is 0.000000527. The molecule has 8 nitrogen and oxygen atoms in total. The van der Waals surface area contributed by atoms with Crippen LogP contribution in [0.25, 0.3) is 0 Å². The molecule has 1 aliphatic heterocycles. The molecule has 1 amide bonds. The van der Waals surface area contributed by atoms with E-state index in [1.54, 1.807) is 6.20 Å². The smallest absolute Gasteiger partial charge is 0.414 e. The van der Waals surface area contributed by atoms with E-state index >= 15 is 0 Å². The summed E-state index contributed by atoms with van der Waals surface area (Å²) in [5.41, 5.74) is 1.25. The van der Waals surface area contributed by atoms with Crippen LogP contribution in [0.2, 0.25) is 0 Å². The number of hydrogen-bond donors (Lipinski definition) is 3. The van der Waals surface area contributed by atoms with Crippen molar-refractivity contribution < 1.29 is 24.6 Å². The Morgan fingerprint density at radius 2 is 1.85 bits per heavy atom. The maximum Gasteiger partial charge on any atom is 0.414 e. The maximum absolute atomic E-state index is 12.1. The maximum atomic E-state index is 12.1. The second-order valence-electron chi connectivity index (χ2n) is 7.00. The summed E-state index contributed by atoms with van der Waals surface area (Å²) in [6, 6.07) is 4.09. The van der Waals surface area contributed by atoms with Crippen LogP contribution in [0.3, 0.4) is 0 Å². The van der Waals surface area contributed by atoms with Crippen LogP contribution in [-0.4, -0.2) is 57.6 Å². The van der Waals surface area contributed by atoms with Crippen LogP contribution in [0.1, 0.15) is 38.7 Å². The first kappa shape index (κ1) is 22.6. The molecule has 0 bridgehead atoms. The van der Waals surface area contributed by atoms with Crippen LogP contribution in [0.15, 0.2) is 24.5 Å². The Kier molecular flexibility index (Phi) is 10.0. The molecule has 1 aromatic rings. The number of hydrogen-bond acceptors (Lipinski definition) is 5. The number of carboxylic acids is 2. The molecule has 0 radical (unpaired) electrons. The van der Waals surface area contributed by atoms with Crippen molar-refractivity contribution in [3.63, 3.8) is 0 Å². The van der Waals surface area contributed by atoms with Gasteiger partial charge < -0.3 is 15.5 Å². The number of likely N-dealkylation sites (tertiary alicyclic amines) is 1. The molecule has 27 heavy (non-hydrogen) atoms. The molecule has 0 aromatic carbocycles. The van der Waals surface area contributed by atoms with Gasteiger partial charge in [-0.1, -0.05) is 19.9 Å². The van der Waals surface area contributed by atoms with Gasteiger partial charge in [-0.15, -0.1) is 0 Å². The number of nitrogens with zero attached hydrogens (tertiary/aromatic N) is 2. The van der Waals surface area contributed by atoms with Gasteiger partial charge in [0.2, 0.25) is 5.91 Å². The molecule has 0 spiro atoms. The van der Waals surface area contributed by atoms with Crippen LogP contribution in [0.5, 0.6) is 0 Å². The Labute approximate surface area is 159 Å². The largest absolute Gasteiger partial charge is 0.473 e. The van der Waals surface area contributed by atoms with Crippen molar-refractivity contribution in [2.75, 3.05) is 19.6 Å². The van der Waals surface area contributed by atoms with Gasteiger partial charge in [0, 0.05) is 31.4 Å². The van der Waals surface area contributed by atoms with Crippen LogP contribution in [0.4, 0.5) is 0 Å². The predicted molar refractivity (Wildman–Crippen MR) is 100.0 cm³/mol. The average molecular weight is 379 g/mol. The number of rotatable bonds is 6. The molecule has 1 fully saturated rings. The highest BCUT2D eigenvalue weighted by Crippen LogP contribution is 2.19. The minimum atomic E-state index is -1.82. The van der Waals surface area contributed by atoms with Crippen molar-refractivity contribution in [2.24, 2.45) is 11.8 Å². The number of carbonyl (C=O) groups is 3. The summed E-state index contributed by atoms with van der Waals surface area (Å²) in [6.45, 7) is 8.11. The highest BCUT2D eigenvalue weighted by molar-refractivity contribution is 6.27. The molecular weight excluding hydrogens is 350 g/mol. The molecule has 0 unspecified atom stereocenters. The van der Waals surface area contributed by atoms with Crippen molar-refractivity contribution in [1.82, 2.24) is 15.2 Å². The normalized spacial score (nSPS) is 14.9. The van der Waals surface area contributed by atoms with Gasteiger partial charge in [0.05, 0.1) is 0 Å². The topological polar surface area (TPSA) is 120 Å². The summed E-state index contributed by atoms with van der Waals surface area (Å²) in [5.74, 6) is -2.56. The number of carbonyl (C=O) groups excluding carboxylic acids is 1. The van der Waals surface area contributed by atoms with Gasteiger partial charge in [-0.25, -0.2) is 9.59 Å². The zero-order chi connectivity index (χ0) is 20.2. The van der Waals surface area contributed by atoms with Gasteiger partial charge >= 0.3 is 11.9 Å². The fourth-order valence-electron chi connectivity index (χ4n) is 2.73. The highest BCUT2D eigenvalue weighted by Gasteiger charge is 2.24. The number of pyridine rings is 1. The third kappa shape index (κ3) is 9.69. The molecule has 150 valence electrons. The highest BCUT2D eigenvalue weighted by atomic mass is 16.4. The lowest BCUT2D eigenvalue weighted by Crippen LogP contribution is -2.40. The number of piperidine rings is 1. The number of carboxylic acid groups (broad SMARTS) is 2. The minimum absolute atomic E-state index is 0.197. The van der Waals surface area contributed by atoms with Crippen molar-refractivity contribution >= 4 is 17.8 Å². The molecule has 2 heterocycles. The van der Waals surface area contributed by atoms with Crippen LogP contribution in [-0.2, 0) is 20.9 Å². The molecule has 0 saturated carbocycles. The summed E-state index contributed by atoms with van der Waals surface area (Å²) in [6.07, 6.45) is 6.72. The third-order valence-corrected chi connectivity index (χ3v) is 4.29. The lowest BCUT2D eigenvalue weighted by atomic mass is 9.95. The summed E-state index contributed by atoms with van der Waals surface area (Å²) in [5, 5.41) is 17.9. The fraction of sp³-hybridized carbons (Fsp3) is 0.579. The lowest BCUT2D eigenvalue weighted by molar-refractivity contribution is -0.159. The molecular formula is C19H29N3O5. The SMILES string of the molecule is CC(C)CCNC(=O)C1CCN(Cc2cccnc2)CC1.O=C(O)C(=O)O. The van der Waals surface area contributed by atoms with Crippen molar-refractivity contribution in [1.29, 1.82) is 0 Å². The van der Waals surface area contributed by atoms with Gasteiger partial charge in [-0.3, -0.25) is 14.7 Å². The van der Waals surface area contributed by atoms with Gasteiger partial charge in [0.15, 0.2) is 0 Å². The van der Waals surface area contributed by atoms with E-state index in [0.717, 1.165) is 45.4 Å². The zero-order valence-electron chi connectivity index (χ0n) is 15.9. The summed E-state index contributed by atoms with van der Waals surface area (Å²) >= 11 is 0. The summed E-state index contributed by atoms with van der Waals surface area (Å²) in [4.78, 5) is 36.9. The molecule has 1 aromatic heterocycles. The van der Waals surface area contributed by atoms with E-state index in [-0.39, 0.29) is 11.8 Å². The van der Waals surface area contributed by atoms with Gasteiger partial charge in [0.25, 0.3) is 0 Å². The predicted octanol–water partition coefficient (Wildman–Crippen LogP) is 1.61. The minimum Gasteiger partial charge on any atom is -0.473 e. The monoisotopic (exact) mass is 379 g/mol. The molecule has 0 atom stereocenters. The van der Waals surface area contributed by atoms with E-state index in [9.17, 15) is 4.79 Å². The van der Waals surface area contributed by atoms with E-state index in [1.165, 1.54) is 5.56 Å². The standard InChI is InChI=1S/C17H27N3O.C2H2O4/c1-14(2)5-9-19-17(21)16-6-10-20(11-7-16)13-15-4-3-8-18-12-15;3-1(4)2(5)6/h3-4,8,12,14,16H,5-7,9-11,13H2,1-2H3,(H,19,21);(H,3,4)(H,5,6). The Hall–Kier alpha value is -2.48. The van der Waals surface area contributed by atoms with E-state index in [4.69, 9.17) is 19.8 Å². The molecule has 0 aliphatic carbocycles. The number of nitrogens with one attached hydrogen (secondary N) is 1. The summed E-state index contributed by atoms with van der Waals surface area (Å²) < 4.78 is 0. The zero-order valence-corrected chi connectivity index (χ0v) is 15.9. The van der Waals surface area contributed by atoms with Crippen LogP contribution < -0.4 is 5.32 Å². The quantitative estimate of drug-likeness (QED) is 0.642. The van der Waals surface area contributed by atoms with E-state index < -0.39 is 11.9 Å². The molecule has 1 saturated heterocycles. The first-order valence-electron chi connectivity index (χ1n) is 9.14. The second kappa shape index (κ2) is 12.0. The van der Waals surface area contributed by atoms with E-state index in [1.807, 2.05) is 12.3 Å². The van der Waals surface area contributed by atoms with Crippen molar-refractivity contribution in [3.8, 4) is 0 Å². The van der Waals surface area contributed by atoms with Crippen LogP contribution >= 0.6 is 0 Å². The average Bonchev–Trinajstić information content (AvgIpc) is 2.63. The number of amides is 1. The Morgan fingerprint density at radius 1 is 1.22 bits per heavy atom. The fourth-order valence-corrected chi connectivity index (χ4v) is 2.73. The van der Waals surface area contributed by atoms with Crippen molar-refractivity contribution in [3.05, 3.63) is 30.1 Å². The van der Waals surface area contributed by atoms with Gasteiger partial charge in [-0.2, -0.15) is 0 Å². The number of aliphatic carboxylic acids is 2. The van der Waals surface area contributed by atoms with Crippen LogP contribution in [0, 0.1) is 11.8 Å². The molecule has 3 N–H and O–H groups in total. The third-order valence-electron chi connectivity index (χ3n) is 4.29. The lowest BCUT2D eigenvalue weighted by Gasteiger charge is -2.31. The van der Waals surface area contributed by atoms with Crippen molar-refractivity contribution in [2.45, 2.75) is 39.7 Å².